The van der Waals surface area contributed by atoms with Crippen molar-refractivity contribution in [3.8, 4) is 17.3 Å². The molecule has 0 amide bonds. The molecule has 3 nitrogen and oxygen atoms in total. The van der Waals surface area contributed by atoms with Crippen LogP contribution in [0.15, 0.2) is 35.7 Å². The van der Waals surface area contributed by atoms with Gasteiger partial charge in [0.2, 0.25) is 0 Å². The van der Waals surface area contributed by atoms with Crippen LogP contribution in [0.25, 0.3) is 11.3 Å². The van der Waals surface area contributed by atoms with Crippen LogP contribution in [0.3, 0.4) is 0 Å². The lowest BCUT2D eigenvalue weighted by atomic mass is 10.2. The third kappa shape index (κ3) is 2.90. The number of hydrogen-bond donors (Lipinski definition) is 1. The van der Waals surface area contributed by atoms with E-state index in [-0.39, 0.29) is 6.04 Å². The van der Waals surface area contributed by atoms with E-state index in [1.54, 1.807) is 11.3 Å². The van der Waals surface area contributed by atoms with Crippen molar-refractivity contribution in [2.75, 3.05) is 6.54 Å². The average molecular weight is 243 g/mol. The first-order valence-corrected chi connectivity index (χ1v) is 6.30. The maximum atomic E-state index is 8.52. The summed E-state index contributed by atoms with van der Waals surface area (Å²) < 4.78 is 0. The van der Waals surface area contributed by atoms with E-state index in [0.29, 0.717) is 6.54 Å². The molecule has 1 heterocycles. The van der Waals surface area contributed by atoms with Crippen molar-refractivity contribution in [3.05, 3.63) is 40.7 Å². The van der Waals surface area contributed by atoms with Gasteiger partial charge in [0.25, 0.3) is 0 Å². The molecular weight excluding hydrogens is 230 g/mol. The van der Waals surface area contributed by atoms with E-state index in [9.17, 15) is 0 Å². The number of rotatable bonds is 4. The molecule has 0 saturated heterocycles. The summed E-state index contributed by atoms with van der Waals surface area (Å²) in [6, 6.07) is 12.3. The van der Waals surface area contributed by atoms with Gasteiger partial charge in [0, 0.05) is 10.9 Å². The van der Waals surface area contributed by atoms with Crippen LogP contribution in [0.1, 0.15) is 18.0 Å². The monoisotopic (exact) mass is 243 g/mol. The number of nitrogens with zero attached hydrogens (tertiary/aromatic N) is 2. The molecule has 0 unspecified atom stereocenters. The second kappa shape index (κ2) is 5.58. The molecule has 4 heteroatoms. The van der Waals surface area contributed by atoms with Crippen molar-refractivity contribution in [1.82, 2.24) is 10.3 Å². The molecule has 0 spiro atoms. The number of aromatic nitrogens is 1. The smallest absolute Gasteiger partial charge is 0.110 e. The Hall–Kier alpha value is -1.70. The molecule has 17 heavy (non-hydrogen) atoms. The molecule has 2 aromatic rings. The lowest BCUT2D eigenvalue weighted by Gasteiger charge is -2.06. The van der Waals surface area contributed by atoms with Crippen molar-refractivity contribution in [2.45, 2.75) is 13.0 Å². The summed E-state index contributed by atoms with van der Waals surface area (Å²) in [6.07, 6.45) is 0. The van der Waals surface area contributed by atoms with Crippen LogP contribution in [0.4, 0.5) is 0 Å². The molecule has 0 saturated carbocycles. The summed E-state index contributed by atoms with van der Waals surface area (Å²) in [4.78, 5) is 4.58. The molecule has 1 aromatic heterocycles. The Labute approximate surface area is 105 Å². The maximum Gasteiger partial charge on any atom is 0.110 e. The zero-order valence-electron chi connectivity index (χ0n) is 9.55. The summed E-state index contributed by atoms with van der Waals surface area (Å²) in [6.45, 7) is 2.37. The van der Waals surface area contributed by atoms with Gasteiger partial charge in [-0.3, -0.25) is 5.32 Å². The zero-order chi connectivity index (χ0) is 12.1. The predicted molar refractivity (Wildman–Crippen MR) is 69.6 cm³/mol. The number of thiazole rings is 1. The normalized spacial score (nSPS) is 12.0. The fourth-order valence-corrected chi connectivity index (χ4v) is 2.37. The van der Waals surface area contributed by atoms with Crippen LogP contribution in [0, 0.1) is 11.3 Å². The molecule has 0 fully saturated rings. The number of benzene rings is 1. The molecule has 0 aliphatic heterocycles. The Morgan fingerprint density at radius 1 is 1.41 bits per heavy atom. The second-order valence-corrected chi connectivity index (χ2v) is 4.59. The summed E-state index contributed by atoms with van der Waals surface area (Å²) in [5, 5.41) is 14.7. The van der Waals surface area contributed by atoms with E-state index in [1.807, 2.05) is 37.3 Å². The first kappa shape index (κ1) is 11.8. The van der Waals surface area contributed by atoms with Gasteiger partial charge in [-0.25, -0.2) is 4.98 Å². The second-order valence-electron chi connectivity index (χ2n) is 3.70. The molecule has 86 valence electrons. The van der Waals surface area contributed by atoms with Gasteiger partial charge in [-0.1, -0.05) is 30.3 Å². The lowest BCUT2D eigenvalue weighted by molar-refractivity contribution is 0.617. The van der Waals surface area contributed by atoms with Gasteiger partial charge in [0.15, 0.2) is 0 Å². The van der Waals surface area contributed by atoms with Crippen LogP contribution in [0.5, 0.6) is 0 Å². The first-order valence-electron chi connectivity index (χ1n) is 5.42. The minimum atomic E-state index is 0.122. The minimum Gasteiger partial charge on any atom is -0.296 e. The van der Waals surface area contributed by atoms with Crippen LogP contribution in [-0.4, -0.2) is 11.5 Å². The van der Waals surface area contributed by atoms with Gasteiger partial charge in [-0.15, -0.1) is 11.3 Å². The van der Waals surface area contributed by atoms with Gasteiger partial charge >= 0.3 is 0 Å². The largest absolute Gasteiger partial charge is 0.296 e. The van der Waals surface area contributed by atoms with E-state index in [1.165, 1.54) is 0 Å². The van der Waals surface area contributed by atoms with Crippen molar-refractivity contribution >= 4 is 11.3 Å². The number of nitriles is 1. The van der Waals surface area contributed by atoms with Gasteiger partial charge in [-0.2, -0.15) is 5.26 Å². The summed E-state index contributed by atoms with van der Waals surface area (Å²) in [7, 11) is 0. The highest BCUT2D eigenvalue weighted by molar-refractivity contribution is 7.10. The van der Waals surface area contributed by atoms with Crippen LogP contribution in [0.2, 0.25) is 0 Å². The van der Waals surface area contributed by atoms with Crippen molar-refractivity contribution in [2.24, 2.45) is 0 Å². The van der Waals surface area contributed by atoms with Crippen molar-refractivity contribution in [3.63, 3.8) is 0 Å². The highest BCUT2D eigenvalue weighted by atomic mass is 32.1. The molecular formula is C13H13N3S. The Kier molecular flexibility index (Phi) is 3.86. The highest BCUT2D eigenvalue weighted by Crippen LogP contribution is 2.24. The molecule has 0 radical (unpaired) electrons. The third-order valence-electron chi connectivity index (χ3n) is 2.45. The molecule has 1 N–H and O–H groups in total. The fraction of sp³-hybridized carbons (Fsp3) is 0.231. The number of hydrogen-bond acceptors (Lipinski definition) is 4. The van der Waals surface area contributed by atoms with Crippen LogP contribution >= 0.6 is 11.3 Å². The first-order chi connectivity index (χ1) is 8.31. The van der Waals surface area contributed by atoms with Gasteiger partial charge in [0.1, 0.15) is 5.01 Å². The fourth-order valence-electron chi connectivity index (χ4n) is 1.51. The Bertz CT molecular complexity index is 513. The Morgan fingerprint density at radius 3 is 2.88 bits per heavy atom. The lowest BCUT2D eigenvalue weighted by Crippen LogP contribution is -2.18. The van der Waals surface area contributed by atoms with E-state index < -0.39 is 0 Å². The molecule has 0 aliphatic rings. The zero-order valence-corrected chi connectivity index (χ0v) is 10.4. The van der Waals surface area contributed by atoms with Crippen molar-refractivity contribution in [1.29, 1.82) is 5.26 Å². The van der Waals surface area contributed by atoms with E-state index in [4.69, 9.17) is 5.26 Å². The van der Waals surface area contributed by atoms with Crippen molar-refractivity contribution < 1.29 is 0 Å². The summed E-state index contributed by atoms with van der Waals surface area (Å²) >= 11 is 1.62. The average Bonchev–Trinajstić information content (AvgIpc) is 2.86. The molecule has 0 bridgehead atoms. The van der Waals surface area contributed by atoms with Crippen LogP contribution < -0.4 is 5.32 Å². The summed E-state index contributed by atoms with van der Waals surface area (Å²) in [5.74, 6) is 0. The third-order valence-corrected chi connectivity index (χ3v) is 3.48. The SMILES string of the molecule is C[C@@H](NCC#N)c1nc(-c2ccccc2)cs1. The standard InChI is InChI=1S/C13H13N3S/c1-10(15-8-7-14)13-16-12(9-17-13)11-5-3-2-4-6-11/h2-6,9-10,15H,8H2,1H3/t10-/m1/s1. The minimum absolute atomic E-state index is 0.122. The van der Waals surface area contributed by atoms with Gasteiger partial charge < -0.3 is 0 Å². The summed E-state index contributed by atoms with van der Waals surface area (Å²) in [5.41, 5.74) is 2.12. The Morgan fingerprint density at radius 2 is 2.18 bits per heavy atom. The topological polar surface area (TPSA) is 48.7 Å². The van der Waals surface area contributed by atoms with E-state index in [0.717, 1.165) is 16.3 Å². The molecule has 2 rings (SSSR count). The highest BCUT2D eigenvalue weighted by Gasteiger charge is 2.10. The molecule has 0 aliphatic carbocycles. The van der Waals surface area contributed by atoms with E-state index in [2.05, 4.69) is 21.8 Å². The molecule has 1 atom stereocenters. The van der Waals surface area contributed by atoms with Gasteiger partial charge in [0.05, 0.1) is 24.3 Å². The maximum absolute atomic E-state index is 8.52. The van der Waals surface area contributed by atoms with E-state index >= 15 is 0 Å². The Balaban J connectivity index is 2.14. The number of nitrogens with one attached hydrogen (secondary N) is 1. The molecule has 1 aromatic carbocycles. The van der Waals surface area contributed by atoms with Crippen LogP contribution in [-0.2, 0) is 0 Å². The van der Waals surface area contributed by atoms with Gasteiger partial charge in [-0.05, 0) is 6.92 Å². The quantitative estimate of drug-likeness (QED) is 0.840. The predicted octanol–water partition coefficient (Wildman–Crippen LogP) is 2.98.